The number of methoxy groups -OCH3 is 1. The van der Waals surface area contributed by atoms with Crippen LogP contribution in [-0.4, -0.2) is 25.6 Å². The molecule has 0 radical (unpaired) electrons. The Hall–Kier alpha value is -2.34. The van der Waals surface area contributed by atoms with Gasteiger partial charge in [0.15, 0.2) is 6.61 Å². The number of hydrogen-bond acceptors (Lipinski definition) is 4. The molecule has 0 aliphatic rings. The second kappa shape index (κ2) is 9.08. The molecule has 0 unspecified atom stereocenters. The SMILES string of the molecule is COc1ccccc1CCC(=O)OCC(=O)Nc1cccc(Br)c1. The molecule has 1 amide bonds. The molecule has 2 aromatic carbocycles. The lowest BCUT2D eigenvalue weighted by Gasteiger charge is -2.09. The van der Waals surface area contributed by atoms with E-state index in [9.17, 15) is 9.59 Å². The highest BCUT2D eigenvalue weighted by Gasteiger charge is 2.10. The van der Waals surface area contributed by atoms with Gasteiger partial charge in [-0.15, -0.1) is 0 Å². The Morgan fingerprint density at radius 3 is 2.67 bits per heavy atom. The maximum absolute atomic E-state index is 11.8. The number of aryl methyl sites for hydroxylation is 1. The van der Waals surface area contributed by atoms with Gasteiger partial charge in [0.1, 0.15) is 5.75 Å². The standard InChI is InChI=1S/C18H18BrNO4/c1-23-16-8-3-2-5-13(16)9-10-18(22)24-12-17(21)20-15-7-4-6-14(19)11-15/h2-8,11H,9-10,12H2,1H3,(H,20,21). The predicted octanol–water partition coefficient (Wildman–Crippen LogP) is 3.57. The van der Waals surface area contributed by atoms with Crippen molar-refractivity contribution in [3.05, 3.63) is 58.6 Å². The number of amides is 1. The molecule has 0 heterocycles. The van der Waals surface area contributed by atoms with Crippen LogP contribution >= 0.6 is 15.9 Å². The minimum absolute atomic E-state index is 0.185. The van der Waals surface area contributed by atoms with Crippen molar-refractivity contribution in [2.75, 3.05) is 19.0 Å². The van der Waals surface area contributed by atoms with Crippen LogP contribution in [0, 0.1) is 0 Å². The molecule has 6 heteroatoms. The van der Waals surface area contributed by atoms with Crippen molar-refractivity contribution >= 4 is 33.5 Å². The number of carbonyl (C=O) groups is 2. The number of rotatable bonds is 7. The molecular formula is C18H18BrNO4. The number of para-hydroxylation sites is 1. The van der Waals surface area contributed by atoms with Gasteiger partial charge in [-0.2, -0.15) is 0 Å². The van der Waals surface area contributed by atoms with E-state index in [0.717, 1.165) is 15.8 Å². The number of nitrogens with one attached hydrogen (secondary N) is 1. The zero-order valence-corrected chi connectivity index (χ0v) is 14.8. The molecule has 24 heavy (non-hydrogen) atoms. The van der Waals surface area contributed by atoms with Crippen LogP contribution in [0.25, 0.3) is 0 Å². The summed E-state index contributed by atoms with van der Waals surface area (Å²) in [5.41, 5.74) is 1.56. The van der Waals surface area contributed by atoms with E-state index in [-0.39, 0.29) is 18.9 Å². The van der Waals surface area contributed by atoms with Crippen LogP contribution in [0.5, 0.6) is 5.75 Å². The molecule has 0 spiro atoms. The van der Waals surface area contributed by atoms with Crippen molar-refractivity contribution in [3.63, 3.8) is 0 Å². The number of carbonyl (C=O) groups excluding carboxylic acids is 2. The number of ether oxygens (including phenoxy) is 2. The van der Waals surface area contributed by atoms with Gasteiger partial charge < -0.3 is 14.8 Å². The molecule has 0 saturated heterocycles. The summed E-state index contributed by atoms with van der Waals surface area (Å²) >= 11 is 3.32. The molecule has 0 atom stereocenters. The molecule has 2 aromatic rings. The molecule has 0 fully saturated rings. The zero-order valence-electron chi connectivity index (χ0n) is 13.3. The normalized spacial score (nSPS) is 10.1. The Bertz CT molecular complexity index is 718. The molecule has 0 bridgehead atoms. The maximum Gasteiger partial charge on any atom is 0.306 e. The number of hydrogen-bond donors (Lipinski definition) is 1. The first-order chi connectivity index (χ1) is 11.6. The third-order valence-electron chi connectivity index (χ3n) is 3.26. The average Bonchev–Trinajstić information content (AvgIpc) is 2.58. The summed E-state index contributed by atoms with van der Waals surface area (Å²) in [7, 11) is 1.59. The lowest BCUT2D eigenvalue weighted by molar-refractivity contribution is -0.147. The van der Waals surface area contributed by atoms with E-state index in [4.69, 9.17) is 9.47 Å². The van der Waals surface area contributed by atoms with Gasteiger partial charge in [-0.1, -0.05) is 40.2 Å². The number of esters is 1. The van der Waals surface area contributed by atoms with Crippen LogP contribution in [-0.2, 0) is 20.7 Å². The Balaban J connectivity index is 1.75. The zero-order chi connectivity index (χ0) is 17.4. The lowest BCUT2D eigenvalue weighted by atomic mass is 10.1. The maximum atomic E-state index is 11.8. The Kier molecular flexibility index (Phi) is 6.81. The topological polar surface area (TPSA) is 64.6 Å². The molecule has 5 nitrogen and oxygen atoms in total. The fraction of sp³-hybridized carbons (Fsp3) is 0.222. The van der Waals surface area contributed by atoms with Crippen LogP contribution in [0.15, 0.2) is 53.0 Å². The van der Waals surface area contributed by atoms with Crippen molar-refractivity contribution in [2.24, 2.45) is 0 Å². The molecule has 0 aliphatic heterocycles. The van der Waals surface area contributed by atoms with Crippen LogP contribution in [0.2, 0.25) is 0 Å². The van der Waals surface area contributed by atoms with Crippen LogP contribution < -0.4 is 10.1 Å². The fourth-order valence-electron chi connectivity index (χ4n) is 2.13. The smallest absolute Gasteiger partial charge is 0.306 e. The highest BCUT2D eigenvalue weighted by atomic mass is 79.9. The minimum Gasteiger partial charge on any atom is -0.496 e. The highest BCUT2D eigenvalue weighted by molar-refractivity contribution is 9.10. The van der Waals surface area contributed by atoms with E-state index in [1.165, 1.54) is 0 Å². The van der Waals surface area contributed by atoms with Gasteiger partial charge in [-0.25, -0.2) is 0 Å². The third-order valence-corrected chi connectivity index (χ3v) is 3.76. The number of anilines is 1. The fourth-order valence-corrected chi connectivity index (χ4v) is 2.53. The first kappa shape index (κ1) is 18.0. The highest BCUT2D eigenvalue weighted by Crippen LogP contribution is 2.19. The van der Waals surface area contributed by atoms with Gasteiger partial charge in [-0.3, -0.25) is 9.59 Å². The quantitative estimate of drug-likeness (QED) is 0.732. The second-order valence-electron chi connectivity index (χ2n) is 5.03. The Morgan fingerprint density at radius 1 is 1.12 bits per heavy atom. The van der Waals surface area contributed by atoms with Crippen molar-refractivity contribution in [3.8, 4) is 5.75 Å². The average molecular weight is 392 g/mol. The van der Waals surface area contributed by atoms with Crippen molar-refractivity contribution in [2.45, 2.75) is 12.8 Å². The molecule has 0 aliphatic carbocycles. The van der Waals surface area contributed by atoms with E-state index in [0.29, 0.717) is 12.1 Å². The summed E-state index contributed by atoms with van der Waals surface area (Å²) in [6.45, 7) is -0.308. The first-order valence-corrected chi connectivity index (χ1v) is 8.20. The van der Waals surface area contributed by atoms with Gasteiger partial charge in [0.25, 0.3) is 5.91 Å². The monoisotopic (exact) mass is 391 g/mol. The van der Waals surface area contributed by atoms with E-state index >= 15 is 0 Å². The number of halogens is 1. The Labute approximate surface area is 149 Å². The lowest BCUT2D eigenvalue weighted by Crippen LogP contribution is -2.21. The number of benzene rings is 2. The molecular weight excluding hydrogens is 374 g/mol. The van der Waals surface area contributed by atoms with E-state index in [1.54, 1.807) is 25.3 Å². The molecule has 126 valence electrons. The second-order valence-corrected chi connectivity index (χ2v) is 5.95. The van der Waals surface area contributed by atoms with Crippen molar-refractivity contribution in [1.29, 1.82) is 0 Å². The molecule has 0 saturated carbocycles. The summed E-state index contributed by atoms with van der Waals surface area (Å²) in [5.74, 6) is -0.0678. The largest absolute Gasteiger partial charge is 0.496 e. The summed E-state index contributed by atoms with van der Waals surface area (Å²) < 4.78 is 11.1. The van der Waals surface area contributed by atoms with Gasteiger partial charge in [0.05, 0.1) is 7.11 Å². The molecule has 1 N–H and O–H groups in total. The van der Waals surface area contributed by atoms with Gasteiger partial charge in [0, 0.05) is 16.6 Å². The van der Waals surface area contributed by atoms with Crippen LogP contribution in [0.4, 0.5) is 5.69 Å². The summed E-state index contributed by atoms with van der Waals surface area (Å²) in [4.78, 5) is 23.6. The summed E-state index contributed by atoms with van der Waals surface area (Å²) in [5, 5.41) is 2.66. The van der Waals surface area contributed by atoms with Crippen molar-refractivity contribution < 1.29 is 19.1 Å². The first-order valence-electron chi connectivity index (χ1n) is 7.41. The molecule has 2 rings (SSSR count). The van der Waals surface area contributed by atoms with Gasteiger partial charge >= 0.3 is 5.97 Å². The van der Waals surface area contributed by atoms with E-state index in [1.807, 2.05) is 30.3 Å². The minimum atomic E-state index is -0.426. The van der Waals surface area contributed by atoms with Crippen molar-refractivity contribution in [1.82, 2.24) is 0 Å². The molecule has 0 aromatic heterocycles. The summed E-state index contributed by atoms with van der Waals surface area (Å²) in [6, 6.07) is 14.7. The third kappa shape index (κ3) is 5.70. The summed E-state index contributed by atoms with van der Waals surface area (Å²) in [6.07, 6.45) is 0.681. The van der Waals surface area contributed by atoms with Gasteiger partial charge in [0.2, 0.25) is 0 Å². The van der Waals surface area contributed by atoms with Crippen LogP contribution in [0.1, 0.15) is 12.0 Å². The van der Waals surface area contributed by atoms with E-state index < -0.39 is 5.97 Å². The predicted molar refractivity (Wildman–Crippen MR) is 95.0 cm³/mol. The van der Waals surface area contributed by atoms with E-state index in [2.05, 4.69) is 21.2 Å². The van der Waals surface area contributed by atoms with Crippen LogP contribution in [0.3, 0.4) is 0 Å². The Morgan fingerprint density at radius 2 is 1.92 bits per heavy atom. The van der Waals surface area contributed by atoms with Gasteiger partial charge in [-0.05, 0) is 36.2 Å².